The molecule has 0 aliphatic carbocycles. The number of carbonyl (C=O) groups is 1. The van der Waals surface area contributed by atoms with Crippen molar-refractivity contribution in [1.29, 1.82) is 0 Å². The summed E-state index contributed by atoms with van der Waals surface area (Å²) in [5.74, 6) is 0.394. The van der Waals surface area contributed by atoms with Gasteiger partial charge < -0.3 is 15.6 Å². The summed E-state index contributed by atoms with van der Waals surface area (Å²) in [7, 11) is 0. The first-order valence-electron chi connectivity index (χ1n) is 6.08. The topological polar surface area (TPSA) is 72.9 Å². The van der Waals surface area contributed by atoms with Gasteiger partial charge in [0.25, 0.3) is 0 Å². The summed E-state index contributed by atoms with van der Waals surface area (Å²) >= 11 is 0. The molecule has 0 aliphatic rings. The van der Waals surface area contributed by atoms with Crippen LogP contribution in [0.2, 0.25) is 0 Å². The molecule has 1 heterocycles. The van der Waals surface area contributed by atoms with Crippen LogP contribution >= 0.6 is 0 Å². The average molecular weight is 238 g/mol. The molecule has 3 N–H and O–H groups in total. The summed E-state index contributed by atoms with van der Waals surface area (Å²) in [6.45, 7) is 5.64. The standard InChI is InChI=1S/C12H22N4O/c1-10(2)8-11(13)12(17)15-4-3-6-16-7-5-14-9-16/h5,7,9-11H,3-4,6,8,13H2,1-2H3,(H,15,17). The molecule has 0 saturated heterocycles. The van der Waals surface area contributed by atoms with Crippen molar-refractivity contribution >= 4 is 5.91 Å². The van der Waals surface area contributed by atoms with Crippen molar-refractivity contribution in [2.75, 3.05) is 6.54 Å². The van der Waals surface area contributed by atoms with Crippen LogP contribution in [0.5, 0.6) is 0 Å². The van der Waals surface area contributed by atoms with Gasteiger partial charge in [-0.1, -0.05) is 13.8 Å². The maximum atomic E-state index is 11.6. The molecule has 0 fully saturated rings. The molecule has 96 valence electrons. The zero-order valence-corrected chi connectivity index (χ0v) is 10.6. The number of carbonyl (C=O) groups excluding carboxylic acids is 1. The number of nitrogens with two attached hydrogens (primary N) is 1. The summed E-state index contributed by atoms with van der Waals surface area (Å²) in [6.07, 6.45) is 7.04. The Labute approximate surface area is 102 Å². The Bertz CT molecular complexity index is 321. The second kappa shape index (κ2) is 7.06. The molecule has 0 aromatic carbocycles. The molecule has 1 atom stereocenters. The monoisotopic (exact) mass is 238 g/mol. The minimum atomic E-state index is -0.386. The van der Waals surface area contributed by atoms with E-state index in [4.69, 9.17) is 5.73 Å². The van der Waals surface area contributed by atoms with Crippen LogP contribution in [-0.4, -0.2) is 28.0 Å². The van der Waals surface area contributed by atoms with E-state index in [1.165, 1.54) is 0 Å². The lowest BCUT2D eigenvalue weighted by molar-refractivity contribution is -0.122. The summed E-state index contributed by atoms with van der Waals surface area (Å²) in [5, 5.41) is 2.85. The molecule has 0 radical (unpaired) electrons. The van der Waals surface area contributed by atoms with Crippen molar-refractivity contribution in [3.05, 3.63) is 18.7 Å². The fourth-order valence-electron chi connectivity index (χ4n) is 1.64. The van der Waals surface area contributed by atoms with Gasteiger partial charge in [0.1, 0.15) is 0 Å². The highest BCUT2D eigenvalue weighted by molar-refractivity contribution is 5.81. The molecule has 1 rings (SSSR count). The summed E-state index contributed by atoms with van der Waals surface area (Å²) < 4.78 is 1.99. The Balaban J connectivity index is 2.11. The SMILES string of the molecule is CC(C)CC(N)C(=O)NCCCn1ccnc1. The number of nitrogens with zero attached hydrogens (tertiary/aromatic N) is 2. The number of amides is 1. The summed E-state index contributed by atoms with van der Waals surface area (Å²) in [4.78, 5) is 15.5. The predicted molar refractivity (Wildman–Crippen MR) is 67.3 cm³/mol. The number of aryl methyl sites for hydroxylation is 1. The van der Waals surface area contributed by atoms with E-state index in [-0.39, 0.29) is 11.9 Å². The first kappa shape index (κ1) is 13.7. The first-order valence-corrected chi connectivity index (χ1v) is 6.08. The van der Waals surface area contributed by atoms with Crippen molar-refractivity contribution in [2.45, 2.75) is 39.3 Å². The van der Waals surface area contributed by atoms with E-state index >= 15 is 0 Å². The van der Waals surface area contributed by atoms with Gasteiger partial charge in [-0.15, -0.1) is 0 Å². The highest BCUT2D eigenvalue weighted by Gasteiger charge is 2.13. The van der Waals surface area contributed by atoms with Crippen LogP contribution in [0.1, 0.15) is 26.7 Å². The van der Waals surface area contributed by atoms with E-state index in [9.17, 15) is 4.79 Å². The Hall–Kier alpha value is -1.36. The number of rotatable bonds is 7. The van der Waals surface area contributed by atoms with Gasteiger partial charge in [0.05, 0.1) is 12.4 Å². The van der Waals surface area contributed by atoms with Crippen LogP contribution in [0.15, 0.2) is 18.7 Å². The minimum absolute atomic E-state index is 0.0515. The van der Waals surface area contributed by atoms with E-state index in [0.29, 0.717) is 12.5 Å². The Morgan fingerprint density at radius 2 is 2.29 bits per heavy atom. The highest BCUT2D eigenvalue weighted by atomic mass is 16.2. The van der Waals surface area contributed by atoms with Gasteiger partial charge in [-0.3, -0.25) is 4.79 Å². The van der Waals surface area contributed by atoms with E-state index in [1.807, 2.05) is 10.8 Å². The molecule has 5 nitrogen and oxygen atoms in total. The van der Waals surface area contributed by atoms with Crippen LogP contribution in [-0.2, 0) is 11.3 Å². The maximum Gasteiger partial charge on any atom is 0.236 e. The van der Waals surface area contributed by atoms with Gasteiger partial charge >= 0.3 is 0 Å². The van der Waals surface area contributed by atoms with Crippen LogP contribution in [0.3, 0.4) is 0 Å². The molecule has 1 amide bonds. The largest absolute Gasteiger partial charge is 0.355 e. The predicted octanol–water partition coefficient (Wildman–Crippen LogP) is 0.763. The second-order valence-corrected chi connectivity index (χ2v) is 4.68. The van der Waals surface area contributed by atoms with Gasteiger partial charge in [0.2, 0.25) is 5.91 Å². The summed E-state index contributed by atoms with van der Waals surface area (Å²) in [5.41, 5.74) is 5.77. The van der Waals surface area contributed by atoms with Crippen LogP contribution in [0.4, 0.5) is 0 Å². The third-order valence-electron chi connectivity index (χ3n) is 2.51. The fourth-order valence-corrected chi connectivity index (χ4v) is 1.64. The van der Waals surface area contributed by atoms with E-state index < -0.39 is 0 Å². The highest BCUT2D eigenvalue weighted by Crippen LogP contribution is 2.02. The molecule has 1 aromatic rings. The van der Waals surface area contributed by atoms with Gasteiger partial charge in [-0.05, 0) is 18.8 Å². The lowest BCUT2D eigenvalue weighted by Gasteiger charge is -2.14. The van der Waals surface area contributed by atoms with Crippen LogP contribution in [0.25, 0.3) is 0 Å². The van der Waals surface area contributed by atoms with Crippen molar-refractivity contribution in [3.63, 3.8) is 0 Å². The fraction of sp³-hybridized carbons (Fsp3) is 0.667. The molecule has 0 aliphatic heterocycles. The Morgan fingerprint density at radius 1 is 1.53 bits per heavy atom. The van der Waals surface area contributed by atoms with Gasteiger partial charge in [0, 0.05) is 25.5 Å². The van der Waals surface area contributed by atoms with Crippen molar-refractivity contribution in [2.24, 2.45) is 11.7 Å². The molecule has 0 saturated carbocycles. The van der Waals surface area contributed by atoms with Crippen molar-refractivity contribution in [3.8, 4) is 0 Å². The van der Waals surface area contributed by atoms with Gasteiger partial charge in [-0.2, -0.15) is 0 Å². The number of hydrogen-bond acceptors (Lipinski definition) is 3. The quantitative estimate of drug-likeness (QED) is 0.689. The molecule has 17 heavy (non-hydrogen) atoms. The lowest BCUT2D eigenvalue weighted by Crippen LogP contribution is -2.41. The zero-order chi connectivity index (χ0) is 12.7. The van der Waals surface area contributed by atoms with E-state index in [0.717, 1.165) is 19.4 Å². The van der Waals surface area contributed by atoms with Gasteiger partial charge in [0.15, 0.2) is 0 Å². The van der Waals surface area contributed by atoms with Crippen molar-refractivity contribution in [1.82, 2.24) is 14.9 Å². The minimum Gasteiger partial charge on any atom is -0.355 e. The summed E-state index contributed by atoms with van der Waals surface area (Å²) in [6, 6.07) is -0.386. The van der Waals surface area contributed by atoms with E-state index in [1.54, 1.807) is 12.5 Å². The average Bonchev–Trinajstić information content (AvgIpc) is 2.75. The third kappa shape index (κ3) is 5.49. The Morgan fingerprint density at radius 3 is 2.88 bits per heavy atom. The molecule has 1 unspecified atom stereocenters. The molecular formula is C12H22N4O. The Kier molecular flexibility index (Phi) is 5.69. The number of imidazole rings is 1. The molecule has 5 heteroatoms. The number of nitrogens with one attached hydrogen (secondary N) is 1. The molecule has 1 aromatic heterocycles. The van der Waals surface area contributed by atoms with Crippen LogP contribution in [0, 0.1) is 5.92 Å². The first-order chi connectivity index (χ1) is 8.09. The number of hydrogen-bond donors (Lipinski definition) is 2. The van der Waals surface area contributed by atoms with E-state index in [2.05, 4.69) is 24.1 Å². The smallest absolute Gasteiger partial charge is 0.236 e. The molecule has 0 spiro atoms. The second-order valence-electron chi connectivity index (χ2n) is 4.68. The lowest BCUT2D eigenvalue weighted by atomic mass is 10.0. The van der Waals surface area contributed by atoms with Gasteiger partial charge in [-0.25, -0.2) is 4.98 Å². The maximum absolute atomic E-state index is 11.6. The normalized spacial score (nSPS) is 12.7. The molecule has 0 bridgehead atoms. The third-order valence-corrected chi connectivity index (χ3v) is 2.51. The number of aromatic nitrogens is 2. The molecular weight excluding hydrogens is 216 g/mol. The van der Waals surface area contributed by atoms with Crippen molar-refractivity contribution < 1.29 is 4.79 Å². The zero-order valence-electron chi connectivity index (χ0n) is 10.6. The van der Waals surface area contributed by atoms with Crippen LogP contribution < -0.4 is 11.1 Å².